The van der Waals surface area contributed by atoms with Crippen LogP contribution in [-0.4, -0.2) is 24.5 Å². The molecular formula is C13H19N5. The maximum atomic E-state index is 4.15. The van der Waals surface area contributed by atoms with Gasteiger partial charge < -0.3 is 4.57 Å². The molecule has 2 aliphatic rings. The van der Waals surface area contributed by atoms with E-state index >= 15 is 0 Å². The summed E-state index contributed by atoms with van der Waals surface area (Å²) in [5, 5.41) is 12.1. The highest BCUT2D eigenvalue weighted by Gasteiger charge is 2.14. The summed E-state index contributed by atoms with van der Waals surface area (Å²) in [4.78, 5) is 0. The first-order valence-corrected chi connectivity index (χ1v) is 6.64. The molecule has 0 fully saturated rings. The third kappa shape index (κ3) is 1.94. The van der Waals surface area contributed by atoms with Crippen molar-refractivity contribution in [3.63, 3.8) is 0 Å². The van der Waals surface area contributed by atoms with Crippen LogP contribution in [0, 0.1) is 6.92 Å². The van der Waals surface area contributed by atoms with Crippen molar-refractivity contribution in [2.75, 3.05) is 0 Å². The van der Waals surface area contributed by atoms with Crippen LogP contribution in [0.15, 0.2) is 6.20 Å². The van der Waals surface area contributed by atoms with Gasteiger partial charge in [-0.2, -0.15) is 5.10 Å². The highest BCUT2D eigenvalue weighted by atomic mass is 15.3. The van der Waals surface area contributed by atoms with E-state index in [2.05, 4.69) is 19.9 Å². The average Bonchev–Trinajstić information content (AvgIpc) is 3.06. The fourth-order valence-corrected chi connectivity index (χ4v) is 2.78. The summed E-state index contributed by atoms with van der Waals surface area (Å²) >= 11 is 0. The monoisotopic (exact) mass is 245 g/mol. The van der Waals surface area contributed by atoms with E-state index in [-0.39, 0.29) is 0 Å². The first-order chi connectivity index (χ1) is 8.75. The minimum absolute atomic E-state index is 1.06. The molecule has 3 heterocycles. The molecule has 0 N–H and O–H groups in total. The smallest absolute Gasteiger partial charge is 0.133 e. The van der Waals surface area contributed by atoms with Gasteiger partial charge in [0.15, 0.2) is 0 Å². The number of rotatable bonds is 0. The minimum atomic E-state index is 1.06. The fraction of sp³-hybridized carbons (Fsp3) is 0.615. The van der Waals surface area contributed by atoms with Crippen LogP contribution in [0.3, 0.4) is 0 Å². The summed E-state index contributed by atoms with van der Waals surface area (Å²) in [6.07, 6.45) is 8.13. The van der Waals surface area contributed by atoms with Crippen LogP contribution < -0.4 is 0 Å². The quantitative estimate of drug-likeness (QED) is 0.705. The van der Waals surface area contributed by atoms with Crippen LogP contribution in [0.4, 0.5) is 0 Å². The van der Waals surface area contributed by atoms with Gasteiger partial charge >= 0.3 is 0 Å². The molecule has 18 heavy (non-hydrogen) atoms. The topological polar surface area (TPSA) is 48.5 Å². The van der Waals surface area contributed by atoms with Gasteiger partial charge in [0.1, 0.15) is 11.6 Å². The predicted octanol–water partition coefficient (Wildman–Crippen LogP) is 1.44. The molecule has 0 aromatic carbocycles. The van der Waals surface area contributed by atoms with Gasteiger partial charge in [0.25, 0.3) is 0 Å². The van der Waals surface area contributed by atoms with Gasteiger partial charge in [0.2, 0.25) is 0 Å². The lowest BCUT2D eigenvalue weighted by atomic mass is 10.3. The highest BCUT2D eigenvalue weighted by Crippen LogP contribution is 2.19. The molecule has 96 valence electrons. The molecule has 0 unspecified atom stereocenters. The maximum Gasteiger partial charge on any atom is 0.133 e. The largest absolute Gasteiger partial charge is 0.315 e. The third-order valence-electron chi connectivity index (χ3n) is 3.80. The van der Waals surface area contributed by atoms with Gasteiger partial charge in [-0.1, -0.05) is 0 Å². The zero-order valence-corrected chi connectivity index (χ0v) is 11.1. The molecule has 5 nitrogen and oxygen atoms in total. The normalized spacial score (nSPS) is 16.1. The SMILES string of the molecule is Cc1nnc2n1CCC2.Cn1ncc2c1CCC2. The fourth-order valence-electron chi connectivity index (χ4n) is 2.78. The lowest BCUT2D eigenvalue weighted by Gasteiger charge is -1.92. The van der Waals surface area contributed by atoms with E-state index in [1.54, 1.807) is 0 Å². The lowest BCUT2D eigenvalue weighted by molar-refractivity contribution is 0.706. The average molecular weight is 245 g/mol. The Hall–Kier alpha value is -1.65. The van der Waals surface area contributed by atoms with E-state index < -0.39 is 0 Å². The molecule has 0 bridgehead atoms. The van der Waals surface area contributed by atoms with E-state index in [1.165, 1.54) is 36.9 Å². The van der Waals surface area contributed by atoms with Crippen molar-refractivity contribution in [1.82, 2.24) is 24.5 Å². The third-order valence-corrected chi connectivity index (χ3v) is 3.80. The molecule has 1 aliphatic carbocycles. The van der Waals surface area contributed by atoms with Crippen LogP contribution in [0.5, 0.6) is 0 Å². The number of hydrogen-bond donors (Lipinski definition) is 0. The van der Waals surface area contributed by atoms with Crippen molar-refractivity contribution < 1.29 is 0 Å². The van der Waals surface area contributed by atoms with E-state index in [1.807, 2.05) is 24.9 Å². The Labute approximate surface area is 107 Å². The van der Waals surface area contributed by atoms with Crippen LogP contribution in [0.1, 0.15) is 35.7 Å². The van der Waals surface area contributed by atoms with E-state index in [0.717, 1.165) is 24.6 Å². The summed E-state index contributed by atoms with van der Waals surface area (Å²) in [6.45, 7) is 3.12. The van der Waals surface area contributed by atoms with Crippen LogP contribution >= 0.6 is 0 Å². The second-order valence-electron chi connectivity index (χ2n) is 5.01. The zero-order chi connectivity index (χ0) is 12.5. The Morgan fingerprint density at radius 2 is 2.00 bits per heavy atom. The Morgan fingerprint density at radius 1 is 1.11 bits per heavy atom. The molecule has 0 amide bonds. The summed E-state index contributed by atoms with van der Waals surface area (Å²) in [5.41, 5.74) is 2.90. The van der Waals surface area contributed by atoms with Gasteiger partial charge in [0.05, 0.1) is 6.20 Å². The Bertz CT molecular complexity index is 501. The summed E-state index contributed by atoms with van der Waals surface area (Å²) in [6, 6.07) is 0. The molecule has 2 aromatic heterocycles. The minimum Gasteiger partial charge on any atom is -0.315 e. The van der Waals surface area contributed by atoms with E-state index in [0.29, 0.717) is 0 Å². The van der Waals surface area contributed by atoms with Crippen molar-refractivity contribution in [2.45, 2.75) is 45.6 Å². The summed E-state index contributed by atoms with van der Waals surface area (Å²) in [7, 11) is 2.02. The first kappa shape index (κ1) is 11.4. The first-order valence-electron chi connectivity index (χ1n) is 6.64. The predicted molar refractivity (Wildman–Crippen MR) is 68.3 cm³/mol. The number of aryl methyl sites for hydroxylation is 4. The van der Waals surface area contributed by atoms with Gasteiger partial charge in [-0.3, -0.25) is 4.68 Å². The Morgan fingerprint density at radius 3 is 2.78 bits per heavy atom. The summed E-state index contributed by atoms with van der Waals surface area (Å²) in [5.74, 6) is 2.22. The van der Waals surface area contributed by atoms with Crippen LogP contribution in [0.2, 0.25) is 0 Å². The molecule has 2 aromatic rings. The maximum absolute atomic E-state index is 4.15. The lowest BCUT2D eigenvalue weighted by Crippen LogP contribution is -1.94. The molecular weight excluding hydrogens is 226 g/mol. The Kier molecular flexibility index (Phi) is 2.89. The molecule has 0 spiro atoms. The molecule has 0 radical (unpaired) electrons. The van der Waals surface area contributed by atoms with Gasteiger partial charge in [0, 0.05) is 25.7 Å². The van der Waals surface area contributed by atoms with Crippen molar-refractivity contribution in [3.05, 3.63) is 29.1 Å². The van der Waals surface area contributed by atoms with Gasteiger partial charge in [-0.05, 0) is 38.2 Å². The number of fused-ring (bicyclic) bond motifs is 2. The number of aromatic nitrogens is 5. The molecule has 0 atom stereocenters. The molecule has 1 aliphatic heterocycles. The molecule has 0 saturated carbocycles. The van der Waals surface area contributed by atoms with Crippen LogP contribution in [-0.2, 0) is 32.9 Å². The van der Waals surface area contributed by atoms with Crippen molar-refractivity contribution in [1.29, 1.82) is 0 Å². The summed E-state index contributed by atoms with van der Waals surface area (Å²) < 4.78 is 4.17. The standard InChI is InChI=1S/C7H10N2.C6H9N3/c1-9-7-4-2-3-6(7)5-8-9;1-5-7-8-6-3-2-4-9(5)6/h5H,2-4H2,1H3;2-4H2,1H3. The number of hydrogen-bond acceptors (Lipinski definition) is 3. The second kappa shape index (κ2) is 4.55. The molecule has 0 saturated heterocycles. The van der Waals surface area contributed by atoms with Crippen LogP contribution in [0.25, 0.3) is 0 Å². The second-order valence-corrected chi connectivity index (χ2v) is 5.01. The number of nitrogens with zero attached hydrogens (tertiary/aromatic N) is 5. The van der Waals surface area contributed by atoms with E-state index in [4.69, 9.17) is 0 Å². The van der Waals surface area contributed by atoms with Crippen molar-refractivity contribution in [3.8, 4) is 0 Å². The highest BCUT2D eigenvalue weighted by molar-refractivity contribution is 5.22. The van der Waals surface area contributed by atoms with Gasteiger partial charge in [-0.25, -0.2) is 0 Å². The van der Waals surface area contributed by atoms with Crippen molar-refractivity contribution in [2.24, 2.45) is 7.05 Å². The van der Waals surface area contributed by atoms with E-state index in [9.17, 15) is 0 Å². The molecule has 5 heteroatoms. The Balaban J connectivity index is 0.000000111. The van der Waals surface area contributed by atoms with Gasteiger partial charge in [-0.15, -0.1) is 10.2 Å². The zero-order valence-electron chi connectivity index (χ0n) is 11.1. The molecule has 4 rings (SSSR count). The van der Waals surface area contributed by atoms with Crippen molar-refractivity contribution >= 4 is 0 Å².